The van der Waals surface area contributed by atoms with Gasteiger partial charge in [0.1, 0.15) is 12.3 Å². The highest BCUT2D eigenvalue weighted by molar-refractivity contribution is 7.84. The van der Waals surface area contributed by atoms with Crippen LogP contribution in [0.15, 0.2) is 5.38 Å². The number of alkyl halides is 3. The Kier molecular flexibility index (Phi) is 6.12. The number of aromatic nitrogens is 1. The van der Waals surface area contributed by atoms with Crippen molar-refractivity contribution in [1.29, 1.82) is 0 Å². The maximum Gasteiger partial charge on any atom is 0.405 e. The highest BCUT2D eigenvalue weighted by Gasteiger charge is 2.27. The number of rotatable bonds is 6. The zero-order valence-electron chi connectivity index (χ0n) is 11.0. The van der Waals surface area contributed by atoms with E-state index in [1.165, 1.54) is 11.3 Å². The number of nitrogens with one attached hydrogen (secondary N) is 1. The summed E-state index contributed by atoms with van der Waals surface area (Å²) >= 11 is 1.44. The van der Waals surface area contributed by atoms with E-state index in [0.29, 0.717) is 5.69 Å². The van der Waals surface area contributed by atoms with Crippen LogP contribution in [0, 0.1) is 0 Å². The van der Waals surface area contributed by atoms with E-state index in [2.05, 4.69) is 4.98 Å². The molecule has 1 aromatic heterocycles. The molecule has 1 aromatic rings. The normalized spacial score (nSPS) is 13.5. The van der Waals surface area contributed by atoms with Gasteiger partial charge in [0.15, 0.2) is 0 Å². The first kappa shape index (κ1) is 17.1. The van der Waals surface area contributed by atoms with Gasteiger partial charge in [-0.15, -0.1) is 11.3 Å². The van der Waals surface area contributed by atoms with Crippen molar-refractivity contribution in [2.24, 2.45) is 0 Å². The van der Waals surface area contributed by atoms with Crippen molar-refractivity contribution < 1.29 is 22.2 Å². The quantitative estimate of drug-likeness (QED) is 0.871. The van der Waals surface area contributed by atoms with Gasteiger partial charge in [-0.1, -0.05) is 13.8 Å². The third-order valence-electron chi connectivity index (χ3n) is 2.15. The van der Waals surface area contributed by atoms with E-state index in [1.807, 2.05) is 13.8 Å². The molecule has 1 heterocycles. The zero-order chi connectivity index (χ0) is 15.3. The molecule has 20 heavy (non-hydrogen) atoms. The number of hydrogen-bond acceptors (Lipinski definition) is 4. The molecule has 0 bridgehead atoms. The molecule has 0 aliphatic rings. The molecule has 0 unspecified atom stereocenters. The largest absolute Gasteiger partial charge is 0.405 e. The minimum Gasteiger partial charge on any atom is -0.346 e. The molecule has 1 rings (SSSR count). The Bertz CT molecular complexity index is 486. The number of carbonyl (C=O) groups excluding carboxylic acids is 1. The lowest BCUT2D eigenvalue weighted by Crippen LogP contribution is -2.36. The SMILES string of the molecule is CC(C)c1nc(C[S@@](=O)CC(=O)NCC(F)(F)F)cs1. The van der Waals surface area contributed by atoms with E-state index >= 15 is 0 Å². The summed E-state index contributed by atoms with van der Waals surface area (Å²) < 4.78 is 47.3. The van der Waals surface area contributed by atoms with Crippen molar-refractivity contribution in [2.75, 3.05) is 12.3 Å². The predicted octanol–water partition coefficient (Wildman–Crippen LogP) is 2.19. The van der Waals surface area contributed by atoms with Crippen LogP contribution >= 0.6 is 11.3 Å². The summed E-state index contributed by atoms with van der Waals surface area (Å²) in [5.41, 5.74) is 0.598. The van der Waals surface area contributed by atoms with Gasteiger partial charge in [-0.05, 0) is 0 Å². The Labute approximate surface area is 121 Å². The smallest absolute Gasteiger partial charge is 0.346 e. The summed E-state index contributed by atoms with van der Waals surface area (Å²) in [6.07, 6.45) is -4.46. The molecule has 0 aliphatic heterocycles. The van der Waals surface area contributed by atoms with E-state index < -0.39 is 35.2 Å². The van der Waals surface area contributed by atoms with Crippen molar-refractivity contribution in [3.63, 3.8) is 0 Å². The van der Waals surface area contributed by atoms with Gasteiger partial charge in [-0.2, -0.15) is 13.2 Å². The molecule has 0 aromatic carbocycles. The van der Waals surface area contributed by atoms with Crippen molar-refractivity contribution in [1.82, 2.24) is 10.3 Å². The van der Waals surface area contributed by atoms with E-state index in [0.717, 1.165) is 5.01 Å². The van der Waals surface area contributed by atoms with Crippen LogP contribution < -0.4 is 5.32 Å². The Morgan fingerprint density at radius 3 is 2.65 bits per heavy atom. The number of halogens is 3. The standard InChI is InChI=1S/C11H15F3N2O2S2/c1-7(2)10-16-8(3-19-10)4-20(18)5-9(17)15-6-11(12,13)14/h3,7H,4-6H2,1-2H3,(H,15,17)/t20-/m1/s1. The summed E-state index contributed by atoms with van der Waals surface area (Å²) in [7, 11) is -1.56. The van der Waals surface area contributed by atoms with E-state index in [4.69, 9.17) is 0 Å². The Balaban J connectivity index is 2.41. The van der Waals surface area contributed by atoms with Gasteiger partial charge in [0.05, 0.1) is 16.5 Å². The summed E-state index contributed by atoms with van der Waals surface area (Å²) in [5, 5.41) is 4.34. The van der Waals surface area contributed by atoms with Crippen LogP contribution in [0.3, 0.4) is 0 Å². The second-order valence-electron chi connectivity index (χ2n) is 4.45. The summed E-state index contributed by atoms with van der Waals surface area (Å²) in [6, 6.07) is 0. The minimum absolute atomic E-state index is 0.0721. The molecule has 0 saturated heterocycles. The van der Waals surface area contributed by atoms with Crippen LogP contribution in [0.4, 0.5) is 13.2 Å². The average Bonchev–Trinajstić information content (AvgIpc) is 2.74. The summed E-state index contributed by atoms with van der Waals surface area (Å²) in [5.74, 6) is -0.995. The molecule has 1 atom stereocenters. The van der Waals surface area contributed by atoms with Crippen LogP contribution in [-0.2, 0) is 21.3 Å². The second kappa shape index (κ2) is 7.16. The molecular weight excluding hydrogens is 313 g/mol. The molecule has 0 fully saturated rings. The first-order valence-corrected chi connectivity index (χ1v) is 8.17. The highest BCUT2D eigenvalue weighted by atomic mass is 32.2. The molecule has 1 N–H and O–H groups in total. The third kappa shape index (κ3) is 6.47. The molecule has 0 aliphatic carbocycles. The average molecular weight is 328 g/mol. The topological polar surface area (TPSA) is 59.1 Å². The summed E-state index contributed by atoms with van der Waals surface area (Å²) in [6.45, 7) is 2.55. The first-order chi connectivity index (χ1) is 9.17. The fourth-order valence-corrected chi connectivity index (χ4v) is 3.18. The lowest BCUT2D eigenvalue weighted by molar-refractivity contribution is -0.136. The van der Waals surface area contributed by atoms with Gasteiger partial charge in [0, 0.05) is 22.1 Å². The van der Waals surface area contributed by atoms with Gasteiger partial charge in [0.2, 0.25) is 5.91 Å². The van der Waals surface area contributed by atoms with E-state index in [-0.39, 0.29) is 11.7 Å². The molecule has 9 heteroatoms. The fourth-order valence-electron chi connectivity index (χ4n) is 1.27. The minimum atomic E-state index is -4.46. The Hall–Kier alpha value is -0.960. The number of hydrogen-bond donors (Lipinski definition) is 1. The maximum absolute atomic E-state index is 11.9. The molecule has 1 amide bonds. The molecular formula is C11H15F3N2O2S2. The Morgan fingerprint density at radius 1 is 1.50 bits per heavy atom. The first-order valence-electron chi connectivity index (χ1n) is 5.80. The van der Waals surface area contributed by atoms with Crippen LogP contribution in [0.25, 0.3) is 0 Å². The van der Waals surface area contributed by atoms with Crippen LogP contribution in [-0.4, -0.2) is 33.6 Å². The van der Waals surface area contributed by atoms with Crippen molar-refractivity contribution in [2.45, 2.75) is 31.7 Å². The lowest BCUT2D eigenvalue weighted by atomic mass is 10.2. The second-order valence-corrected chi connectivity index (χ2v) is 6.80. The summed E-state index contributed by atoms with van der Waals surface area (Å²) in [4.78, 5) is 15.4. The van der Waals surface area contributed by atoms with Gasteiger partial charge in [0.25, 0.3) is 0 Å². The molecule has 0 saturated carbocycles. The van der Waals surface area contributed by atoms with Gasteiger partial charge < -0.3 is 5.32 Å². The maximum atomic E-state index is 11.9. The van der Waals surface area contributed by atoms with Gasteiger partial charge >= 0.3 is 6.18 Å². The predicted molar refractivity (Wildman–Crippen MR) is 72.0 cm³/mol. The number of nitrogens with zero attached hydrogens (tertiary/aromatic N) is 1. The molecule has 114 valence electrons. The van der Waals surface area contributed by atoms with Crippen LogP contribution in [0.1, 0.15) is 30.5 Å². The monoisotopic (exact) mass is 328 g/mol. The van der Waals surface area contributed by atoms with Gasteiger partial charge in [-0.25, -0.2) is 4.98 Å². The van der Waals surface area contributed by atoms with E-state index in [9.17, 15) is 22.2 Å². The number of carbonyl (C=O) groups is 1. The highest BCUT2D eigenvalue weighted by Crippen LogP contribution is 2.19. The Morgan fingerprint density at radius 2 is 2.15 bits per heavy atom. The molecule has 0 spiro atoms. The number of thiazole rings is 1. The number of amides is 1. The fraction of sp³-hybridized carbons (Fsp3) is 0.636. The van der Waals surface area contributed by atoms with E-state index in [1.54, 1.807) is 10.7 Å². The third-order valence-corrected chi connectivity index (χ3v) is 4.55. The van der Waals surface area contributed by atoms with Crippen molar-refractivity contribution >= 4 is 28.0 Å². The van der Waals surface area contributed by atoms with Crippen LogP contribution in [0.5, 0.6) is 0 Å². The van der Waals surface area contributed by atoms with Crippen molar-refractivity contribution in [3.8, 4) is 0 Å². The zero-order valence-corrected chi connectivity index (χ0v) is 12.6. The lowest BCUT2D eigenvalue weighted by Gasteiger charge is -2.07. The van der Waals surface area contributed by atoms with Crippen molar-refractivity contribution in [3.05, 3.63) is 16.1 Å². The van der Waals surface area contributed by atoms with Gasteiger partial charge in [-0.3, -0.25) is 9.00 Å². The molecule has 0 radical (unpaired) electrons. The van der Waals surface area contributed by atoms with Crippen LogP contribution in [0.2, 0.25) is 0 Å². The molecule has 4 nitrogen and oxygen atoms in total.